The molecule has 1 aliphatic rings. The minimum atomic E-state index is -0.139. The molecule has 104 valence electrons. The molecule has 4 nitrogen and oxygen atoms in total. The Morgan fingerprint density at radius 2 is 2.32 bits per heavy atom. The van der Waals surface area contributed by atoms with Crippen LogP contribution in [0.2, 0.25) is 0 Å². The van der Waals surface area contributed by atoms with E-state index in [4.69, 9.17) is 0 Å². The van der Waals surface area contributed by atoms with Gasteiger partial charge in [0.2, 0.25) is 5.91 Å². The number of nitrogens with one attached hydrogen (secondary N) is 2. The maximum absolute atomic E-state index is 12.3. The largest absolute Gasteiger partial charge is 0.395 e. The third-order valence-corrected chi connectivity index (χ3v) is 4.72. The highest BCUT2D eigenvalue weighted by Crippen LogP contribution is 2.31. The van der Waals surface area contributed by atoms with Crippen LogP contribution in [0.5, 0.6) is 0 Å². The van der Waals surface area contributed by atoms with Crippen LogP contribution >= 0.6 is 11.8 Å². The van der Waals surface area contributed by atoms with Crippen LogP contribution in [0.4, 0.5) is 5.69 Å². The summed E-state index contributed by atoms with van der Waals surface area (Å²) in [5.41, 5.74) is 2.09. The Labute approximate surface area is 118 Å². The molecule has 1 amide bonds. The van der Waals surface area contributed by atoms with Crippen LogP contribution in [0, 0.1) is 0 Å². The maximum Gasteiger partial charge on any atom is 0.229 e. The predicted octanol–water partition coefficient (Wildman–Crippen LogP) is 1.42. The number of benzene rings is 1. The number of fused-ring (bicyclic) bond motifs is 1. The normalized spacial score (nSPS) is 20.3. The molecule has 0 aromatic heterocycles. The van der Waals surface area contributed by atoms with Crippen LogP contribution in [-0.4, -0.2) is 41.7 Å². The maximum atomic E-state index is 12.3. The second-order valence-electron chi connectivity index (χ2n) is 4.77. The fourth-order valence-electron chi connectivity index (χ4n) is 2.37. The lowest BCUT2D eigenvalue weighted by Gasteiger charge is -2.23. The van der Waals surface area contributed by atoms with Crippen molar-refractivity contribution in [3.63, 3.8) is 0 Å². The van der Waals surface area contributed by atoms with Crippen LogP contribution in [0.25, 0.3) is 0 Å². The number of hydrogen-bond acceptors (Lipinski definition) is 4. The van der Waals surface area contributed by atoms with Gasteiger partial charge in [-0.3, -0.25) is 4.79 Å². The molecule has 2 rings (SSSR count). The molecular weight excluding hydrogens is 260 g/mol. The number of carbonyl (C=O) groups excluding carboxylic acids is 1. The highest BCUT2D eigenvalue weighted by Gasteiger charge is 2.29. The number of aliphatic hydroxyl groups excluding tert-OH is 1. The van der Waals surface area contributed by atoms with Gasteiger partial charge in [-0.25, -0.2) is 0 Å². The Balaban J connectivity index is 2.02. The van der Waals surface area contributed by atoms with Crippen molar-refractivity contribution in [3.8, 4) is 0 Å². The average Bonchev–Trinajstić information content (AvgIpc) is 2.84. The van der Waals surface area contributed by atoms with Gasteiger partial charge >= 0.3 is 0 Å². The monoisotopic (exact) mass is 280 g/mol. The Hall–Kier alpha value is -1.20. The number of amides is 1. The van der Waals surface area contributed by atoms with Crippen molar-refractivity contribution in [2.75, 3.05) is 24.7 Å². The van der Waals surface area contributed by atoms with E-state index in [0.29, 0.717) is 6.54 Å². The Kier molecular flexibility index (Phi) is 4.71. The molecule has 0 radical (unpaired) electrons. The zero-order valence-electron chi connectivity index (χ0n) is 11.2. The molecule has 5 heteroatoms. The molecule has 1 aliphatic heterocycles. The zero-order chi connectivity index (χ0) is 13.8. The summed E-state index contributed by atoms with van der Waals surface area (Å²) >= 11 is 1.57. The van der Waals surface area contributed by atoms with E-state index in [1.54, 1.807) is 11.8 Å². The molecule has 0 fully saturated rings. The number of rotatable bonds is 5. The molecule has 3 N–H and O–H groups in total. The third kappa shape index (κ3) is 3.04. The van der Waals surface area contributed by atoms with Gasteiger partial charge in [-0.15, -0.1) is 0 Å². The first kappa shape index (κ1) is 14.2. The smallest absolute Gasteiger partial charge is 0.229 e. The highest BCUT2D eigenvalue weighted by molar-refractivity contribution is 7.99. The van der Waals surface area contributed by atoms with Gasteiger partial charge in [-0.2, -0.15) is 11.8 Å². The minimum Gasteiger partial charge on any atom is -0.395 e. The average molecular weight is 280 g/mol. The van der Waals surface area contributed by atoms with E-state index in [2.05, 4.69) is 10.6 Å². The van der Waals surface area contributed by atoms with E-state index in [-0.39, 0.29) is 29.7 Å². The molecule has 3 unspecified atom stereocenters. The van der Waals surface area contributed by atoms with Crippen molar-refractivity contribution in [1.29, 1.82) is 0 Å². The first-order valence-electron chi connectivity index (χ1n) is 6.44. The van der Waals surface area contributed by atoms with Gasteiger partial charge in [0.25, 0.3) is 0 Å². The summed E-state index contributed by atoms with van der Waals surface area (Å²) in [6.45, 7) is 2.65. The summed E-state index contributed by atoms with van der Waals surface area (Å²) in [6, 6.07) is 7.85. The molecule has 1 heterocycles. The van der Waals surface area contributed by atoms with E-state index in [1.807, 2.05) is 37.4 Å². The zero-order valence-corrected chi connectivity index (χ0v) is 12.0. The lowest BCUT2D eigenvalue weighted by Crippen LogP contribution is -2.43. The van der Waals surface area contributed by atoms with Gasteiger partial charge in [0.05, 0.1) is 12.5 Å². The van der Waals surface area contributed by atoms with Crippen molar-refractivity contribution in [2.45, 2.75) is 24.1 Å². The summed E-state index contributed by atoms with van der Waals surface area (Å²) in [4.78, 5) is 12.3. The number of para-hydroxylation sites is 1. The van der Waals surface area contributed by atoms with E-state index in [1.165, 1.54) is 0 Å². The minimum absolute atomic E-state index is 0.0254. The van der Waals surface area contributed by atoms with Gasteiger partial charge in [0.1, 0.15) is 0 Å². The van der Waals surface area contributed by atoms with Crippen molar-refractivity contribution >= 4 is 23.4 Å². The SMILES string of the molecule is CSC(CO)C(C)NC(=O)C1CNc2ccccc21. The number of thioether (sulfide) groups is 1. The molecule has 0 bridgehead atoms. The number of anilines is 1. The van der Waals surface area contributed by atoms with Gasteiger partial charge in [0, 0.05) is 23.5 Å². The first-order valence-corrected chi connectivity index (χ1v) is 7.73. The molecular formula is C14H20N2O2S. The van der Waals surface area contributed by atoms with Gasteiger partial charge in [-0.05, 0) is 24.8 Å². The van der Waals surface area contributed by atoms with Crippen molar-refractivity contribution < 1.29 is 9.90 Å². The van der Waals surface area contributed by atoms with Crippen LogP contribution in [0.3, 0.4) is 0 Å². The first-order chi connectivity index (χ1) is 9.17. The fourth-order valence-corrected chi connectivity index (χ4v) is 3.00. The molecule has 0 spiro atoms. The van der Waals surface area contributed by atoms with Crippen molar-refractivity contribution in [3.05, 3.63) is 29.8 Å². The Bertz CT molecular complexity index is 449. The van der Waals surface area contributed by atoms with E-state index in [0.717, 1.165) is 11.3 Å². The number of hydrogen-bond donors (Lipinski definition) is 3. The fraction of sp³-hybridized carbons (Fsp3) is 0.500. The second-order valence-corrected chi connectivity index (χ2v) is 5.85. The molecule has 3 atom stereocenters. The van der Waals surface area contributed by atoms with Gasteiger partial charge in [0.15, 0.2) is 0 Å². The quantitative estimate of drug-likeness (QED) is 0.763. The van der Waals surface area contributed by atoms with Crippen molar-refractivity contribution in [1.82, 2.24) is 5.32 Å². The molecule has 19 heavy (non-hydrogen) atoms. The van der Waals surface area contributed by atoms with E-state index < -0.39 is 0 Å². The predicted molar refractivity (Wildman–Crippen MR) is 79.7 cm³/mol. The lowest BCUT2D eigenvalue weighted by atomic mass is 10.00. The standard InChI is InChI=1S/C14H20N2O2S/c1-9(13(8-17)19-2)16-14(18)11-7-15-12-6-4-3-5-10(11)12/h3-6,9,11,13,15,17H,7-8H2,1-2H3,(H,16,18). The van der Waals surface area contributed by atoms with Crippen LogP contribution in [-0.2, 0) is 4.79 Å². The van der Waals surface area contributed by atoms with E-state index >= 15 is 0 Å². The molecule has 0 saturated heterocycles. The second kappa shape index (κ2) is 6.30. The lowest BCUT2D eigenvalue weighted by molar-refractivity contribution is -0.122. The summed E-state index contributed by atoms with van der Waals surface area (Å²) in [5, 5.41) is 15.5. The number of aliphatic hydroxyl groups is 1. The Morgan fingerprint density at radius 1 is 1.58 bits per heavy atom. The highest BCUT2D eigenvalue weighted by atomic mass is 32.2. The van der Waals surface area contributed by atoms with Crippen LogP contribution in [0.1, 0.15) is 18.4 Å². The molecule has 1 aromatic rings. The third-order valence-electron chi connectivity index (χ3n) is 3.56. The molecule has 0 aliphatic carbocycles. The summed E-state index contributed by atoms with van der Waals surface area (Å²) < 4.78 is 0. The van der Waals surface area contributed by atoms with Crippen molar-refractivity contribution in [2.24, 2.45) is 0 Å². The van der Waals surface area contributed by atoms with Crippen LogP contribution < -0.4 is 10.6 Å². The summed E-state index contributed by atoms with van der Waals surface area (Å²) in [7, 11) is 0. The summed E-state index contributed by atoms with van der Waals surface area (Å²) in [5.74, 6) is -0.114. The van der Waals surface area contributed by atoms with Crippen LogP contribution in [0.15, 0.2) is 24.3 Å². The topological polar surface area (TPSA) is 61.4 Å². The Morgan fingerprint density at radius 3 is 3.00 bits per heavy atom. The van der Waals surface area contributed by atoms with Gasteiger partial charge < -0.3 is 15.7 Å². The summed E-state index contributed by atoms with van der Waals surface area (Å²) in [6.07, 6.45) is 1.94. The molecule has 0 saturated carbocycles. The van der Waals surface area contributed by atoms with Gasteiger partial charge in [-0.1, -0.05) is 18.2 Å². The number of carbonyl (C=O) groups is 1. The molecule has 1 aromatic carbocycles. The van der Waals surface area contributed by atoms with E-state index in [9.17, 15) is 9.90 Å².